The highest BCUT2D eigenvalue weighted by Gasteiger charge is 2.46. The SMILES string of the molecule is Cl.N#Cc1nccnc1OC1[C@@H]2CNC[C@H]1C2. The summed E-state index contributed by atoms with van der Waals surface area (Å²) in [5.41, 5.74) is 0.278. The molecule has 1 saturated carbocycles. The molecule has 3 rings (SSSR count). The number of hydrogen-bond donors (Lipinski definition) is 1. The molecule has 1 aliphatic heterocycles. The van der Waals surface area contributed by atoms with Crippen LogP contribution in [0.5, 0.6) is 5.88 Å². The molecule has 90 valence electrons. The fourth-order valence-electron chi connectivity index (χ4n) is 2.51. The maximum atomic E-state index is 8.88. The summed E-state index contributed by atoms with van der Waals surface area (Å²) in [5.74, 6) is 1.51. The first-order valence-electron chi connectivity index (χ1n) is 5.47. The molecule has 6 heteroatoms. The van der Waals surface area contributed by atoms with E-state index in [4.69, 9.17) is 10.00 Å². The highest BCUT2D eigenvalue weighted by atomic mass is 35.5. The number of rotatable bonds is 2. The minimum absolute atomic E-state index is 0. The summed E-state index contributed by atoms with van der Waals surface area (Å²) in [7, 11) is 0. The van der Waals surface area contributed by atoms with Crippen LogP contribution >= 0.6 is 12.4 Å². The van der Waals surface area contributed by atoms with Gasteiger partial charge in [-0.1, -0.05) is 0 Å². The van der Waals surface area contributed by atoms with Gasteiger partial charge in [-0.05, 0) is 6.42 Å². The second kappa shape index (κ2) is 4.86. The smallest absolute Gasteiger partial charge is 0.251 e. The minimum atomic E-state index is 0. The highest BCUT2D eigenvalue weighted by molar-refractivity contribution is 5.85. The van der Waals surface area contributed by atoms with Crippen molar-refractivity contribution in [2.75, 3.05) is 13.1 Å². The van der Waals surface area contributed by atoms with Crippen molar-refractivity contribution in [1.29, 1.82) is 5.26 Å². The van der Waals surface area contributed by atoms with Crippen LogP contribution in [0.4, 0.5) is 0 Å². The molecule has 1 aromatic heterocycles. The van der Waals surface area contributed by atoms with Crippen LogP contribution in [0.25, 0.3) is 0 Å². The Labute approximate surface area is 106 Å². The molecule has 1 aromatic rings. The van der Waals surface area contributed by atoms with Gasteiger partial charge in [0.05, 0.1) is 0 Å². The number of halogens is 1. The molecule has 5 nitrogen and oxygen atoms in total. The summed E-state index contributed by atoms with van der Waals surface area (Å²) in [5, 5.41) is 12.2. The number of hydrogen-bond acceptors (Lipinski definition) is 5. The van der Waals surface area contributed by atoms with Crippen molar-refractivity contribution in [3.8, 4) is 11.9 Å². The summed E-state index contributed by atoms with van der Waals surface area (Å²) in [6.07, 6.45) is 4.50. The second-order valence-corrected chi connectivity index (χ2v) is 4.32. The summed E-state index contributed by atoms with van der Waals surface area (Å²) in [6.45, 7) is 2.01. The first-order chi connectivity index (χ1) is 7.88. The lowest BCUT2D eigenvalue weighted by Gasteiger charge is -2.48. The zero-order valence-corrected chi connectivity index (χ0v) is 9.98. The predicted octanol–water partition coefficient (Wildman–Crippen LogP) is 0.757. The molecular formula is C11H13ClN4O. The van der Waals surface area contributed by atoms with Crippen molar-refractivity contribution in [2.45, 2.75) is 12.5 Å². The van der Waals surface area contributed by atoms with E-state index in [2.05, 4.69) is 15.3 Å². The van der Waals surface area contributed by atoms with Gasteiger partial charge in [-0.3, -0.25) is 0 Å². The predicted molar refractivity (Wildman–Crippen MR) is 62.9 cm³/mol. The number of ether oxygens (including phenoxy) is 1. The lowest BCUT2D eigenvalue weighted by atomic mass is 9.69. The van der Waals surface area contributed by atoms with Crippen molar-refractivity contribution in [3.05, 3.63) is 18.1 Å². The van der Waals surface area contributed by atoms with Gasteiger partial charge in [0.2, 0.25) is 5.69 Å². The maximum absolute atomic E-state index is 8.88. The lowest BCUT2D eigenvalue weighted by molar-refractivity contribution is -0.0473. The monoisotopic (exact) mass is 252 g/mol. The van der Waals surface area contributed by atoms with Crippen LogP contribution in [0.2, 0.25) is 0 Å². The topological polar surface area (TPSA) is 70.8 Å². The van der Waals surface area contributed by atoms with Crippen LogP contribution < -0.4 is 10.1 Å². The molecule has 2 fully saturated rings. The van der Waals surface area contributed by atoms with Gasteiger partial charge in [-0.15, -0.1) is 12.4 Å². The molecule has 2 aliphatic rings. The largest absolute Gasteiger partial charge is 0.472 e. The fourth-order valence-corrected chi connectivity index (χ4v) is 2.51. The van der Waals surface area contributed by atoms with Crippen LogP contribution in [0, 0.1) is 23.2 Å². The number of nitrogens with zero attached hydrogens (tertiary/aromatic N) is 3. The standard InChI is InChI=1S/C11H12N4O.ClH/c12-4-9-11(15-2-1-14-9)16-10-7-3-8(10)6-13-5-7;/h1-2,7-8,10,13H,3,5-6H2;1H/t7-,8+,10?;. The van der Waals surface area contributed by atoms with Crippen molar-refractivity contribution in [2.24, 2.45) is 11.8 Å². The molecular weight excluding hydrogens is 240 g/mol. The van der Waals surface area contributed by atoms with E-state index in [0.717, 1.165) is 13.1 Å². The summed E-state index contributed by atoms with van der Waals surface area (Å²) in [4.78, 5) is 8.01. The molecule has 0 aromatic carbocycles. The second-order valence-electron chi connectivity index (χ2n) is 4.32. The Kier molecular flexibility index (Phi) is 3.46. The Hall–Kier alpha value is -1.38. The molecule has 0 radical (unpaired) electrons. The third kappa shape index (κ3) is 2.06. The molecule has 1 N–H and O–H groups in total. The normalized spacial score (nSPS) is 29.5. The third-order valence-corrected chi connectivity index (χ3v) is 3.37. The van der Waals surface area contributed by atoms with Crippen LogP contribution in [0.3, 0.4) is 0 Å². The molecule has 0 amide bonds. The number of fused-ring (bicyclic) bond motifs is 2. The van der Waals surface area contributed by atoms with Crippen LogP contribution in [-0.4, -0.2) is 29.2 Å². The summed E-state index contributed by atoms with van der Waals surface area (Å²) < 4.78 is 5.80. The molecule has 17 heavy (non-hydrogen) atoms. The van der Waals surface area contributed by atoms with Crippen molar-refractivity contribution in [3.63, 3.8) is 0 Å². The van der Waals surface area contributed by atoms with E-state index >= 15 is 0 Å². The molecule has 3 atom stereocenters. The van der Waals surface area contributed by atoms with Gasteiger partial charge in [0.25, 0.3) is 5.88 Å². The van der Waals surface area contributed by atoms with Gasteiger partial charge in [-0.2, -0.15) is 5.26 Å². The van der Waals surface area contributed by atoms with E-state index in [1.54, 1.807) is 6.20 Å². The van der Waals surface area contributed by atoms with E-state index in [-0.39, 0.29) is 24.2 Å². The molecule has 2 heterocycles. The van der Waals surface area contributed by atoms with E-state index in [9.17, 15) is 0 Å². The van der Waals surface area contributed by atoms with Gasteiger partial charge in [-0.25, -0.2) is 9.97 Å². The summed E-state index contributed by atoms with van der Waals surface area (Å²) in [6, 6.07) is 2.00. The number of aromatic nitrogens is 2. The fraction of sp³-hybridized carbons (Fsp3) is 0.545. The van der Waals surface area contributed by atoms with E-state index in [1.165, 1.54) is 12.6 Å². The Bertz CT molecular complexity index is 433. The Morgan fingerprint density at radius 1 is 1.29 bits per heavy atom. The Morgan fingerprint density at radius 3 is 2.65 bits per heavy atom. The van der Waals surface area contributed by atoms with Gasteiger partial charge in [0.15, 0.2) is 0 Å². The molecule has 1 aliphatic carbocycles. The van der Waals surface area contributed by atoms with Crippen LogP contribution in [-0.2, 0) is 0 Å². The van der Waals surface area contributed by atoms with Gasteiger partial charge in [0, 0.05) is 37.3 Å². The van der Waals surface area contributed by atoms with Gasteiger partial charge in [0.1, 0.15) is 12.2 Å². The minimum Gasteiger partial charge on any atom is -0.472 e. The van der Waals surface area contributed by atoms with E-state index in [1.807, 2.05) is 6.07 Å². The zero-order chi connectivity index (χ0) is 11.0. The van der Waals surface area contributed by atoms with Crippen molar-refractivity contribution in [1.82, 2.24) is 15.3 Å². The Morgan fingerprint density at radius 2 is 2.00 bits per heavy atom. The number of piperidine rings is 2. The molecule has 2 bridgehead atoms. The first kappa shape index (κ1) is 12.1. The number of nitriles is 1. The average Bonchev–Trinajstić information content (AvgIpc) is 2.37. The van der Waals surface area contributed by atoms with Crippen molar-refractivity contribution < 1.29 is 4.74 Å². The van der Waals surface area contributed by atoms with Crippen LogP contribution in [0.1, 0.15) is 12.1 Å². The Balaban J connectivity index is 0.00000108. The van der Waals surface area contributed by atoms with Crippen LogP contribution in [0.15, 0.2) is 12.4 Å². The zero-order valence-electron chi connectivity index (χ0n) is 9.17. The molecule has 0 spiro atoms. The maximum Gasteiger partial charge on any atom is 0.251 e. The quantitative estimate of drug-likeness (QED) is 0.841. The van der Waals surface area contributed by atoms with E-state index in [0.29, 0.717) is 17.7 Å². The molecule has 1 unspecified atom stereocenters. The highest BCUT2D eigenvalue weighted by Crippen LogP contribution is 2.39. The summed E-state index contributed by atoms with van der Waals surface area (Å²) >= 11 is 0. The van der Waals surface area contributed by atoms with Gasteiger partial charge < -0.3 is 10.1 Å². The molecule has 1 saturated heterocycles. The number of nitrogens with one attached hydrogen (secondary N) is 1. The third-order valence-electron chi connectivity index (χ3n) is 3.37. The van der Waals surface area contributed by atoms with Gasteiger partial charge >= 0.3 is 0 Å². The first-order valence-corrected chi connectivity index (χ1v) is 5.47. The average molecular weight is 253 g/mol. The van der Waals surface area contributed by atoms with E-state index < -0.39 is 0 Å². The van der Waals surface area contributed by atoms with Crippen molar-refractivity contribution >= 4 is 12.4 Å². The lowest BCUT2D eigenvalue weighted by Crippen LogP contribution is -2.59.